The number of rotatable bonds is 2. The van der Waals surface area contributed by atoms with Gasteiger partial charge in [0.25, 0.3) is 0 Å². The first-order chi connectivity index (χ1) is 5.41. The minimum absolute atomic E-state index is 0. The Kier molecular flexibility index (Phi) is 15.6. The Morgan fingerprint density at radius 3 is 1.92 bits per heavy atom. The van der Waals surface area contributed by atoms with Crippen LogP contribution in [-0.4, -0.2) is 27.2 Å². The van der Waals surface area contributed by atoms with Gasteiger partial charge in [-0.1, -0.05) is 12.9 Å². The second-order valence-electron chi connectivity index (χ2n) is 1.83. The number of hydrogen-bond acceptors (Lipinski definition) is 1. The van der Waals surface area contributed by atoms with Crippen molar-refractivity contribution in [1.82, 2.24) is 4.98 Å². The molecule has 1 aromatic heterocycles. The molecule has 0 aliphatic rings. The number of nitrogens with zero attached hydrogens (tertiary/aromatic N) is 1. The molecule has 4 radical (unpaired) electrons. The van der Waals surface area contributed by atoms with Gasteiger partial charge in [-0.25, -0.2) is 0 Å². The molecule has 0 unspecified atom stereocenters. The molecule has 0 saturated carbocycles. The van der Waals surface area contributed by atoms with E-state index in [0.29, 0.717) is 6.22 Å². The molecule has 0 bridgehead atoms. The molecule has 0 aromatic carbocycles. The molecule has 0 aliphatic heterocycles. The predicted molar refractivity (Wildman–Crippen MR) is 59.4 cm³/mol. The number of hydrogen-bond donors (Lipinski definition) is 0. The van der Waals surface area contributed by atoms with E-state index < -0.39 is 0 Å². The molecule has 0 atom stereocenters. The maximum absolute atomic E-state index is 5.05. The van der Waals surface area contributed by atoms with Gasteiger partial charge in [-0.15, -0.1) is 18.6 Å². The van der Waals surface area contributed by atoms with Crippen molar-refractivity contribution < 1.29 is 0 Å². The molecule has 60 valence electrons. The predicted octanol–water partition coefficient (Wildman–Crippen LogP) is 1.41. The molecule has 1 heterocycles. The van der Waals surface area contributed by atoms with Crippen LogP contribution in [0.2, 0.25) is 13.0 Å². The summed E-state index contributed by atoms with van der Waals surface area (Å²) < 4.78 is 0. The van der Waals surface area contributed by atoms with E-state index in [2.05, 4.69) is 4.98 Å². The average molecular weight is 177 g/mol. The lowest BCUT2D eigenvalue weighted by Gasteiger charge is -1.74. The summed E-state index contributed by atoms with van der Waals surface area (Å²) in [4.78, 5) is 3.78. The fraction of sp³-hybridized carbons (Fsp3) is 0.286. The van der Waals surface area contributed by atoms with Crippen molar-refractivity contribution in [2.24, 2.45) is 0 Å². The van der Waals surface area contributed by atoms with Gasteiger partial charge in [0.05, 0.1) is 22.2 Å². The summed E-state index contributed by atoms with van der Waals surface area (Å²) in [7, 11) is 8.89. The Morgan fingerprint density at radius 1 is 1.25 bits per heavy atom. The zero-order valence-electron chi connectivity index (χ0n) is 7.18. The Hall–Kier alpha value is -0.365. The Morgan fingerprint density at radius 2 is 1.83 bits per heavy atom. The molecule has 0 spiro atoms. The molecule has 5 heteroatoms. The van der Waals surface area contributed by atoms with E-state index >= 15 is 0 Å². The zero-order chi connectivity index (χ0) is 8.36. The number of pyridine rings is 1. The van der Waals surface area contributed by atoms with Crippen LogP contribution in [-0.2, 0) is 0 Å². The fourth-order valence-electron chi connectivity index (χ4n) is 0.449. The smallest absolute Gasteiger partial charge is 0.0600 e. The van der Waals surface area contributed by atoms with Gasteiger partial charge >= 0.3 is 0 Å². The summed E-state index contributed by atoms with van der Waals surface area (Å²) in [5.41, 5.74) is 0. The quantitative estimate of drug-likeness (QED) is 0.622. The van der Waals surface area contributed by atoms with Crippen LogP contribution in [0.4, 0.5) is 0 Å². The molecule has 0 aliphatic carbocycles. The maximum atomic E-state index is 5.05. The lowest BCUT2D eigenvalue weighted by atomic mass is 9.37. The zero-order valence-corrected chi connectivity index (χ0v) is 8.00. The van der Waals surface area contributed by atoms with Crippen molar-refractivity contribution in [3.63, 3.8) is 0 Å². The minimum atomic E-state index is 0. The largest absolute Gasteiger partial charge is 0.265 e. The Balaban J connectivity index is 0. The molecule has 12 heavy (non-hydrogen) atoms. The summed E-state index contributed by atoms with van der Waals surface area (Å²) in [6.07, 6.45) is 4.16. The second kappa shape index (κ2) is 13.2. The third kappa shape index (κ3) is 12.3. The van der Waals surface area contributed by atoms with Crippen LogP contribution in [0.25, 0.3) is 0 Å². The van der Waals surface area contributed by atoms with Gasteiger partial charge in [0.1, 0.15) is 0 Å². The molecule has 0 amide bonds. The maximum Gasteiger partial charge on any atom is 0.0600 e. The molecule has 1 nitrogen and oxygen atoms in total. The summed E-state index contributed by atoms with van der Waals surface area (Å²) in [5.74, 6) is 0. The van der Waals surface area contributed by atoms with Crippen LogP contribution in [0.5, 0.6) is 0 Å². The molecule has 0 N–H and O–H groups in total. The van der Waals surface area contributed by atoms with Crippen molar-refractivity contribution in [1.29, 1.82) is 0 Å². The van der Waals surface area contributed by atoms with Crippen molar-refractivity contribution in [3.05, 3.63) is 30.6 Å². The molecule has 0 fully saturated rings. The van der Waals surface area contributed by atoms with Crippen LogP contribution in [0.15, 0.2) is 30.6 Å². The van der Waals surface area contributed by atoms with Crippen molar-refractivity contribution in [2.45, 2.75) is 13.0 Å². The second-order valence-corrected chi connectivity index (χ2v) is 1.83. The topological polar surface area (TPSA) is 12.9 Å². The van der Waals surface area contributed by atoms with Gasteiger partial charge in [-0.05, 0) is 12.1 Å². The van der Waals surface area contributed by atoms with Gasteiger partial charge in [0, 0.05) is 12.4 Å². The normalized spacial score (nSPS) is 6.75. The van der Waals surface area contributed by atoms with E-state index in [0.717, 1.165) is 0 Å². The van der Waals surface area contributed by atoms with E-state index in [1.807, 2.05) is 39.4 Å². The SMILES string of the molecule is Cl.[B]C[B][B]C.c1ccncc1. The van der Waals surface area contributed by atoms with Crippen molar-refractivity contribution >= 4 is 34.6 Å². The van der Waals surface area contributed by atoms with Gasteiger partial charge in [-0.2, -0.15) is 0 Å². The van der Waals surface area contributed by atoms with E-state index in [1.165, 1.54) is 0 Å². The van der Waals surface area contributed by atoms with E-state index in [1.54, 1.807) is 12.4 Å². The van der Waals surface area contributed by atoms with E-state index in [4.69, 9.17) is 7.85 Å². The fourth-order valence-corrected chi connectivity index (χ4v) is 0.449. The highest BCUT2D eigenvalue weighted by atomic mass is 35.5. The van der Waals surface area contributed by atoms with Crippen LogP contribution in [0.1, 0.15) is 0 Å². The van der Waals surface area contributed by atoms with Gasteiger partial charge < -0.3 is 0 Å². The van der Waals surface area contributed by atoms with Crippen molar-refractivity contribution in [3.8, 4) is 0 Å². The van der Waals surface area contributed by atoms with Crippen LogP contribution < -0.4 is 0 Å². The summed E-state index contributed by atoms with van der Waals surface area (Å²) in [6.45, 7) is 1.95. The first kappa shape index (κ1) is 14.2. The lowest BCUT2D eigenvalue weighted by Crippen LogP contribution is -1.94. The van der Waals surface area contributed by atoms with Gasteiger partial charge in [0.2, 0.25) is 0 Å². The Labute approximate surface area is 83.6 Å². The Bertz CT molecular complexity index is 122. The van der Waals surface area contributed by atoms with Gasteiger partial charge in [-0.3, -0.25) is 4.98 Å². The number of halogens is 1. The van der Waals surface area contributed by atoms with Crippen LogP contribution in [0, 0.1) is 0 Å². The molecular weight excluding hydrogens is 166 g/mol. The lowest BCUT2D eigenvalue weighted by molar-refractivity contribution is 1.33. The molecule has 0 saturated heterocycles. The summed E-state index contributed by atoms with van der Waals surface area (Å²) in [5, 5.41) is 0. The minimum Gasteiger partial charge on any atom is -0.265 e. The highest BCUT2D eigenvalue weighted by Crippen LogP contribution is 1.73. The van der Waals surface area contributed by atoms with Crippen LogP contribution >= 0.6 is 12.4 Å². The summed E-state index contributed by atoms with van der Waals surface area (Å²) >= 11 is 0. The number of aromatic nitrogens is 1. The third-order valence-corrected chi connectivity index (χ3v) is 0.938. The highest BCUT2D eigenvalue weighted by molar-refractivity contribution is 7.01. The van der Waals surface area contributed by atoms with E-state index in [-0.39, 0.29) is 12.4 Å². The van der Waals surface area contributed by atoms with Gasteiger partial charge in [0.15, 0.2) is 0 Å². The molecular formula is C7H11B3ClN. The monoisotopic (exact) mass is 177 g/mol. The van der Waals surface area contributed by atoms with Crippen molar-refractivity contribution in [2.75, 3.05) is 0 Å². The molecule has 1 aromatic rings. The molecule has 1 rings (SSSR count). The van der Waals surface area contributed by atoms with E-state index in [9.17, 15) is 0 Å². The third-order valence-electron chi connectivity index (χ3n) is 0.938. The van der Waals surface area contributed by atoms with Crippen LogP contribution in [0.3, 0.4) is 0 Å². The standard InChI is InChI=1S/C5H5N.C2H5B3.ClH/c1-2-4-6-5-3-1;1-4-5-2-3;/h1-5H;2H2,1H3;1H. The average Bonchev–Trinajstić information content (AvgIpc) is 2.10. The first-order valence-electron chi connectivity index (χ1n) is 3.58. The first-order valence-corrected chi connectivity index (χ1v) is 3.58. The summed E-state index contributed by atoms with van der Waals surface area (Å²) in [6, 6.07) is 5.72. The highest BCUT2D eigenvalue weighted by Gasteiger charge is 1.74.